The second-order valence-corrected chi connectivity index (χ2v) is 7.02. The molecule has 1 amide bonds. The molecule has 0 N–H and O–H groups in total. The van der Waals surface area contributed by atoms with E-state index < -0.39 is 23.6 Å². The highest BCUT2D eigenvalue weighted by Crippen LogP contribution is 2.41. The topological polar surface area (TPSA) is 38.8 Å². The number of carbonyl (C=O) groups is 1. The third kappa shape index (κ3) is 5.12. The molecule has 1 aliphatic heterocycles. The molecule has 0 unspecified atom stereocenters. The number of ether oxygens (including phenoxy) is 2. The van der Waals surface area contributed by atoms with Gasteiger partial charge in [-0.3, -0.25) is 4.79 Å². The molecule has 0 aromatic heterocycles. The van der Waals surface area contributed by atoms with Crippen LogP contribution in [-0.4, -0.2) is 29.2 Å². The van der Waals surface area contributed by atoms with Crippen molar-refractivity contribution in [3.8, 4) is 11.5 Å². The lowest BCUT2D eigenvalue weighted by Gasteiger charge is -2.26. The second kappa shape index (κ2) is 8.49. The highest BCUT2D eigenvalue weighted by molar-refractivity contribution is 6.31. The Morgan fingerprint density at radius 1 is 1.17 bits per heavy atom. The lowest BCUT2D eigenvalue weighted by Crippen LogP contribution is -2.29. The molecular weight excluding hydrogens is 414 g/mol. The normalized spacial score (nSPS) is 19.5. The van der Waals surface area contributed by atoms with Gasteiger partial charge < -0.3 is 14.4 Å². The molecule has 2 aromatic carbocycles. The minimum atomic E-state index is -4.78. The van der Waals surface area contributed by atoms with Gasteiger partial charge in [0.25, 0.3) is 0 Å². The largest absolute Gasteiger partial charge is 0.573 e. The minimum absolute atomic E-state index is 0.127. The molecular formula is C20H18ClF4NO3. The van der Waals surface area contributed by atoms with Crippen molar-refractivity contribution in [2.75, 3.05) is 6.61 Å². The first kappa shape index (κ1) is 21.2. The molecule has 0 radical (unpaired) electrons. The summed E-state index contributed by atoms with van der Waals surface area (Å²) in [7, 11) is 0. The summed E-state index contributed by atoms with van der Waals surface area (Å²) in [6.07, 6.45) is -4.47. The van der Waals surface area contributed by atoms with Crippen molar-refractivity contribution in [2.45, 2.75) is 37.7 Å². The van der Waals surface area contributed by atoms with Gasteiger partial charge >= 0.3 is 6.36 Å². The summed E-state index contributed by atoms with van der Waals surface area (Å²) in [5.41, 5.74) is 1.23. The monoisotopic (exact) mass is 431 g/mol. The van der Waals surface area contributed by atoms with Crippen LogP contribution in [0, 0.1) is 5.82 Å². The van der Waals surface area contributed by atoms with E-state index in [9.17, 15) is 22.4 Å². The third-order valence-corrected chi connectivity index (χ3v) is 4.87. The average molecular weight is 432 g/mol. The molecule has 1 fully saturated rings. The fourth-order valence-corrected chi connectivity index (χ4v) is 3.59. The van der Waals surface area contributed by atoms with E-state index in [1.54, 1.807) is 13.0 Å². The van der Waals surface area contributed by atoms with E-state index >= 15 is 0 Å². The number of halogens is 5. The van der Waals surface area contributed by atoms with Crippen molar-refractivity contribution in [3.63, 3.8) is 0 Å². The Morgan fingerprint density at radius 2 is 1.86 bits per heavy atom. The maximum Gasteiger partial charge on any atom is 0.573 e. The fourth-order valence-electron chi connectivity index (χ4n) is 3.30. The Labute approximate surface area is 170 Å². The van der Waals surface area contributed by atoms with Gasteiger partial charge in [-0.25, -0.2) is 4.39 Å². The van der Waals surface area contributed by atoms with Crippen molar-refractivity contribution in [2.24, 2.45) is 0 Å². The zero-order chi connectivity index (χ0) is 21.2. The number of hydrogen-bond acceptors (Lipinski definition) is 3. The van der Waals surface area contributed by atoms with Gasteiger partial charge in [0.1, 0.15) is 22.7 Å². The molecule has 3 rings (SSSR count). The van der Waals surface area contributed by atoms with Gasteiger partial charge in [0.05, 0.1) is 12.6 Å². The number of nitrogens with zero attached hydrogens (tertiary/aromatic N) is 1. The number of hydrogen-bond donors (Lipinski definition) is 0. The summed E-state index contributed by atoms with van der Waals surface area (Å²) in [5, 5.41) is -0.757. The number of likely N-dealkylation sites (tertiary alicyclic amines) is 1. The van der Waals surface area contributed by atoms with E-state index in [-0.39, 0.29) is 18.2 Å². The van der Waals surface area contributed by atoms with Gasteiger partial charge in [-0.05, 0) is 37.1 Å². The molecule has 29 heavy (non-hydrogen) atoms. The van der Waals surface area contributed by atoms with Crippen LogP contribution in [-0.2, 0) is 11.3 Å². The number of rotatable bonds is 6. The molecule has 0 aliphatic carbocycles. The number of carbonyl (C=O) groups excluding carboxylic acids is 1. The van der Waals surface area contributed by atoms with Crippen LogP contribution < -0.4 is 9.47 Å². The summed E-state index contributed by atoms with van der Waals surface area (Å²) < 4.78 is 59.9. The van der Waals surface area contributed by atoms with Crippen molar-refractivity contribution < 1.29 is 31.8 Å². The first-order chi connectivity index (χ1) is 13.7. The summed E-state index contributed by atoms with van der Waals surface area (Å²) in [5.74, 6) is -0.789. The molecule has 2 aromatic rings. The van der Waals surface area contributed by atoms with E-state index in [1.807, 2.05) is 0 Å². The van der Waals surface area contributed by atoms with E-state index in [0.717, 1.165) is 0 Å². The quantitative estimate of drug-likeness (QED) is 0.466. The minimum Gasteiger partial charge on any atom is -0.493 e. The summed E-state index contributed by atoms with van der Waals surface area (Å²) in [6.45, 7) is 2.21. The van der Waals surface area contributed by atoms with Crippen LogP contribution in [0.1, 0.15) is 30.5 Å². The zero-order valence-corrected chi connectivity index (χ0v) is 16.1. The van der Waals surface area contributed by atoms with Crippen LogP contribution in [0.2, 0.25) is 0 Å². The van der Waals surface area contributed by atoms with Gasteiger partial charge in [0.2, 0.25) is 5.91 Å². The standard InChI is InChI=1S/C20H18ClF4NO3/c1-2-28-18-9-13(22)5-8-15(18)17-10-16(21)19(27)26(17)11-12-3-6-14(7-4-12)29-20(23,24)25/h3-9,16-17H,2,10-11H2,1H3/t16-,17-/m0/s1. The number of benzene rings is 2. The average Bonchev–Trinajstić information content (AvgIpc) is 2.91. The van der Waals surface area contributed by atoms with Gasteiger partial charge in [-0.15, -0.1) is 24.8 Å². The lowest BCUT2D eigenvalue weighted by molar-refractivity contribution is -0.274. The first-order valence-corrected chi connectivity index (χ1v) is 9.33. The van der Waals surface area contributed by atoms with Crippen LogP contribution >= 0.6 is 11.6 Å². The molecule has 1 aliphatic rings. The molecule has 9 heteroatoms. The van der Waals surface area contributed by atoms with E-state index in [1.165, 1.54) is 41.3 Å². The van der Waals surface area contributed by atoms with Gasteiger partial charge in [0, 0.05) is 18.2 Å². The Morgan fingerprint density at radius 3 is 2.48 bits per heavy atom. The predicted octanol–water partition coefficient (Wildman–Crippen LogP) is 5.20. The van der Waals surface area contributed by atoms with Crippen LogP contribution in [0.3, 0.4) is 0 Å². The SMILES string of the molecule is CCOc1cc(F)ccc1[C@@H]1C[C@H](Cl)C(=O)N1Cc1ccc(OC(F)(F)F)cc1. The lowest BCUT2D eigenvalue weighted by atomic mass is 10.0. The predicted molar refractivity (Wildman–Crippen MR) is 98.2 cm³/mol. The first-order valence-electron chi connectivity index (χ1n) is 8.89. The number of alkyl halides is 4. The Hall–Kier alpha value is -2.48. The van der Waals surface area contributed by atoms with Crippen LogP contribution in [0.5, 0.6) is 11.5 Å². The smallest absolute Gasteiger partial charge is 0.493 e. The highest BCUT2D eigenvalue weighted by Gasteiger charge is 2.40. The van der Waals surface area contributed by atoms with Crippen LogP contribution in [0.25, 0.3) is 0 Å². The Kier molecular flexibility index (Phi) is 6.21. The Bertz CT molecular complexity index is 873. The molecule has 1 heterocycles. The zero-order valence-electron chi connectivity index (χ0n) is 15.4. The molecule has 4 nitrogen and oxygen atoms in total. The van der Waals surface area contributed by atoms with Crippen molar-refractivity contribution in [1.82, 2.24) is 4.90 Å². The second-order valence-electron chi connectivity index (χ2n) is 6.49. The summed E-state index contributed by atoms with van der Waals surface area (Å²) >= 11 is 6.18. The maximum absolute atomic E-state index is 13.6. The van der Waals surface area contributed by atoms with Crippen molar-refractivity contribution in [1.29, 1.82) is 0 Å². The maximum atomic E-state index is 13.6. The van der Waals surface area contributed by atoms with Crippen molar-refractivity contribution in [3.05, 3.63) is 59.4 Å². The molecule has 0 saturated carbocycles. The number of amides is 1. The van der Waals surface area contributed by atoms with Crippen LogP contribution in [0.15, 0.2) is 42.5 Å². The fraction of sp³-hybridized carbons (Fsp3) is 0.350. The van der Waals surface area contributed by atoms with Gasteiger partial charge in [-0.1, -0.05) is 18.2 Å². The molecule has 0 spiro atoms. The third-order valence-electron chi connectivity index (χ3n) is 4.50. The highest BCUT2D eigenvalue weighted by atomic mass is 35.5. The summed E-state index contributed by atoms with van der Waals surface area (Å²) in [4.78, 5) is 14.1. The van der Waals surface area contributed by atoms with E-state index in [2.05, 4.69) is 4.74 Å². The van der Waals surface area contributed by atoms with E-state index in [4.69, 9.17) is 16.3 Å². The molecule has 1 saturated heterocycles. The van der Waals surface area contributed by atoms with Gasteiger partial charge in [-0.2, -0.15) is 0 Å². The van der Waals surface area contributed by atoms with E-state index in [0.29, 0.717) is 29.9 Å². The molecule has 2 atom stereocenters. The van der Waals surface area contributed by atoms with Crippen molar-refractivity contribution >= 4 is 17.5 Å². The summed E-state index contributed by atoms with van der Waals surface area (Å²) in [6, 6.07) is 8.90. The van der Waals surface area contributed by atoms with Gasteiger partial charge in [0.15, 0.2) is 0 Å². The Balaban J connectivity index is 1.84. The molecule has 0 bridgehead atoms. The van der Waals surface area contributed by atoms with Crippen LogP contribution in [0.4, 0.5) is 17.6 Å². The molecule has 156 valence electrons.